The zero-order valence-corrected chi connectivity index (χ0v) is 15.4. The Hall–Kier alpha value is -1.16. The Morgan fingerprint density at radius 2 is 2.09 bits per heavy atom. The molecule has 0 saturated heterocycles. The van der Waals surface area contributed by atoms with Crippen LogP contribution in [0.5, 0.6) is 0 Å². The van der Waals surface area contributed by atoms with Crippen LogP contribution in [0.1, 0.15) is 37.6 Å². The lowest BCUT2D eigenvalue weighted by Gasteiger charge is -2.21. The summed E-state index contributed by atoms with van der Waals surface area (Å²) in [4.78, 5) is 11.8. The third-order valence-electron chi connectivity index (χ3n) is 3.40. The Morgan fingerprint density at radius 3 is 2.61 bits per heavy atom. The van der Waals surface area contributed by atoms with E-state index in [9.17, 15) is 13.2 Å². The van der Waals surface area contributed by atoms with Crippen molar-refractivity contribution in [2.24, 2.45) is 11.7 Å². The average molecular weight is 369 g/mol. The number of nitrogens with two attached hydrogens (primary N) is 1. The third kappa shape index (κ3) is 5.45. The molecule has 1 aromatic rings. The van der Waals surface area contributed by atoms with E-state index >= 15 is 0 Å². The van der Waals surface area contributed by atoms with Gasteiger partial charge in [0, 0.05) is 19.6 Å². The molecule has 0 aliphatic rings. The molecule has 1 heterocycles. The largest absolute Gasteiger partial charge is 0.462 e. The summed E-state index contributed by atoms with van der Waals surface area (Å²) in [6.07, 6.45) is 1.68. The van der Waals surface area contributed by atoms with E-state index in [4.69, 9.17) is 10.5 Å². The van der Waals surface area contributed by atoms with Crippen LogP contribution in [-0.2, 0) is 14.8 Å². The van der Waals surface area contributed by atoms with Crippen molar-refractivity contribution in [3.63, 3.8) is 0 Å². The highest BCUT2D eigenvalue weighted by molar-refractivity contribution is 7.89. The molecule has 23 heavy (non-hydrogen) atoms. The Balaban J connectivity index is 0.00000484. The summed E-state index contributed by atoms with van der Waals surface area (Å²) in [6, 6.07) is -0.0936. The van der Waals surface area contributed by atoms with Crippen molar-refractivity contribution in [1.82, 2.24) is 14.5 Å². The molecule has 1 unspecified atom stereocenters. The van der Waals surface area contributed by atoms with Gasteiger partial charge in [-0.25, -0.2) is 13.2 Å². The highest BCUT2D eigenvalue weighted by atomic mass is 35.5. The predicted molar refractivity (Wildman–Crippen MR) is 89.0 cm³/mol. The van der Waals surface area contributed by atoms with E-state index < -0.39 is 16.0 Å². The van der Waals surface area contributed by atoms with Crippen molar-refractivity contribution in [3.05, 3.63) is 11.8 Å². The molecule has 0 aliphatic heterocycles. The van der Waals surface area contributed by atoms with Gasteiger partial charge in [-0.05, 0) is 19.3 Å². The van der Waals surface area contributed by atoms with Crippen LogP contribution in [0, 0.1) is 5.92 Å². The normalized spacial score (nSPS) is 13.0. The van der Waals surface area contributed by atoms with Gasteiger partial charge >= 0.3 is 5.97 Å². The molecule has 1 aromatic heterocycles. The van der Waals surface area contributed by atoms with Crippen LogP contribution in [0.2, 0.25) is 0 Å². The number of hydrogen-bond acceptors (Lipinski definition) is 6. The molecular weight excluding hydrogens is 344 g/mol. The Bertz CT molecular complexity index is 603. The summed E-state index contributed by atoms with van der Waals surface area (Å²) >= 11 is 0. The van der Waals surface area contributed by atoms with Crippen molar-refractivity contribution < 1.29 is 17.9 Å². The maximum Gasteiger partial charge on any atom is 0.342 e. The van der Waals surface area contributed by atoms with E-state index in [0.29, 0.717) is 6.42 Å². The highest BCUT2D eigenvalue weighted by Crippen LogP contribution is 2.18. The number of ether oxygens (including phenoxy) is 1. The van der Waals surface area contributed by atoms with Crippen LogP contribution in [-0.4, -0.2) is 55.1 Å². The summed E-state index contributed by atoms with van der Waals surface area (Å²) in [6.45, 7) is 6.01. The second kappa shape index (κ2) is 9.21. The molecule has 8 nitrogen and oxygen atoms in total. The standard InChI is InChI=1S/C13H24N4O4S.ClH/c1-5-21-13(18)10-8-15-16-12(10)22(19,20)17(4)7-6-11(14)9(2)3;/h8-9,11H,5-7,14H2,1-4H3,(H,15,16);1H. The minimum Gasteiger partial charge on any atom is -0.462 e. The molecule has 0 radical (unpaired) electrons. The van der Waals surface area contributed by atoms with Crippen LogP contribution >= 0.6 is 12.4 Å². The molecule has 0 bridgehead atoms. The van der Waals surface area contributed by atoms with Gasteiger partial charge in [0.2, 0.25) is 0 Å². The first kappa shape index (κ1) is 21.8. The first-order chi connectivity index (χ1) is 10.2. The molecule has 0 aromatic carbocycles. The van der Waals surface area contributed by atoms with E-state index in [2.05, 4.69) is 10.2 Å². The molecule has 10 heteroatoms. The van der Waals surface area contributed by atoms with Crippen LogP contribution < -0.4 is 5.73 Å². The average Bonchev–Trinajstić information content (AvgIpc) is 2.94. The van der Waals surface area contributed by atoms with Crippen LogP contribution in [0.4, 0.5) is 0 Å². The monoisotopic (exact) mass is 368 g/mol. The SMILES string of the molecule is CCOC(=O)c1cn[nH]c1S(=O)(=O)N(C)CCC(N)C(C)C.Cl. The molecule has 1 rings (SSSR count). The zero-order chi connectivity index (χ0) is 16.9. The summed E-state index contributed by atoms with van der Waals surface area (Å²) in [7, 11) is -2.41. The third-order valence-corrected chi connectivity index (χ3v) is 5.23. The Labute approximate surface area is 143 Å². The number of nitrogens with one attached hydrogen (secondary N) is 1. The van der Waals surface area contributed by atoms with Crippen molar-refractivity contribution in [3.8, 4) is 0 Å². The number of H-pyrrole nitrogens is 1. The Kier molecular flexibility index (Phi) is 8.75. The smallest absolute Gasteiger partial charge is 0.342 e. The number of carbonyl (C=O) groups is 1. The lowest BCUT2D eigenvalue weighted by Crippen LogP contribution is -2.35. The topological polar surface area (TPSA) is 118 Å². The molecule has 134 valence electrons. The number of aromatic nitrogens is 2. The molecule has 3 N–H and O–H groups in total. The van der Waals surface area contributed by atoms with Gasteiger partial charge in [0.15, 0.2) is 5.03 Å². The lowest BCUT2D eigenvalue weighted by atomic mass is 10.0. The van der Waals surface area contributed by atoms with Gasteiger partial charge in [-0.2, -0.15) is 9.40 Å². The molecule has 0 fully saturated rings. The maximum absolute atomic E-state index is 12.5. The van der Waals surface area contributed by atoms with E-state index in [1.165, 1.54) is 7.05 Å². The summed E-state index contributed by atoms with van der Waals surface area (Å²) in [5, 5.41) is 5.75. The van der Waals surface area contributed by atoms with Gasteiger partial charge in [-0.3, -0.25) is 5.10 Å². The van der Waals surface area contributed by atoms with Gasteiger partial charge < -0.3 is 10.5 Å². The predicted octanol–water partition coefficient (Wildman–Crippen LogP) is 1.00. The molecule has 0 aliphatic carbocycles. The second-order valence-electron chi connectivity index (χ2n) is 5.36. The Morgan fingerprint density at radius 1 is 1.48 bits per heavy atom. The summed E-state index contributed by atoms with van der Waals surface area (Å²) in [5.74, 6) is -0.458. The van der Waals surface area contributed by atoms with E-state index in [1.807, 2.05) is 13.8 Å². The fourth-order valence-electron chi connectivity index (χ4n) is 1.77. The fraction of sp³-hybridized carbons (Fsp3) is 0.692. The van der Waals surface area contributed by atoms with E-state index in [0.717, 1.165) is 10.5 Å². The number of esters is 1. The number of halogens is 1. The van der Waals surface area contributed by atoms with E-state index in [1.54, 1.807) is 6.92 Å². The second-order valence-corrected chi connectivity index (χ2v) is 7.34. The van der Waals surface area contributed by atoms with Crippen molar-refractivity contribution in [2.45, 2.75) is 38.3 Å². The molecule has 0 spiro atoms. The first-order valence-electron chi connectivity index (χ1n) is 7.14. The van der Waals surface area contributed by atoms with Crippen molar-refractivity contribution in [1.29, 1.82) is 0 Å². The summed E-state index contributed by atoms with van der Waals surface area (Å²) in [5.41, 5.74) is 5.83. The summed E-state index contributed by atoms with van der Waals surface area (Å²) < 4.78 is 31.0. The van der Waals surface area contributed by atoms with Crippen molar-refractivity contribution >= 4 is 28.4 Å². The van der Waals surface area contributed by atoms with Gasteiger partial charge in [-0.1, -0.05) is 13.8 Å². The number of nitrogens with zero attached hydrogens (tertiary/aromatic N) is 2. The van der Waals surface area contributed by atoms with E-state index in [-0.39, 0.29) is 48.1 Å². The van der Waals surface area contributed by atoms with Gasteiger partial charge in [0.05, 0.1) is 12.8 Å². The zero-order valence-electron chi connectivity index (χ0n) is 13.8. The number of sulfonamides is 1. The molecular formula is C13H25ClN4O4S. The molecule has 0 amide bonds. The quantitative estimate of drug-likeness (QED) is 0.661. The molecule has 1 atom stereocenters. The van der Waals surface area contributed by atoms with Crippen LogP contribution in [0.25, 0.3) is 0 Å². The molecule has 0 saturated carbocycles. The van der Waals surface area contributed by atoms with Gasteiger partial charge in [0.25, 0.3) is 10.0 Å². The van der Waals surface area contributed by atoms with Crippen LogP contribution in [0.3, 0.4) is 0 Å². The van der Waals surface area contributed by atoms with Crippen molar-refractivity contribution in [2.75, 3.05) is 20.2 Å². The number of rotatable bonds is 8. The minimum atomic E-state index is -3.85. The van der Waals surface area contributed by atoms with Crippen LogP contribution in [0.15, 0.2) is 11.2 Å². The number of carbonyl (C=O) groups excluding carboxylic acids is 1. The van der Waals surface area contributed by atoms with Gasteiger partial charge in [0.1, 0.15) is 5.56 Å². The number of hydrogen-bond donors (Lipinski definition) is 2. The minimum absolute atomic E-state index is 0. The first-order valence-corrected chi connectivity index (χ1v) is 8.58. The van der Waals surface area contributed by atoms with Gasteiger partial charge in [-0.15, -0.1) is 12.4 Å². The highest BCUT2D eigenvalue weighted by Gasteiger charge is 2.29. The maximum atomic E-state index is 12.5. The fourth-order valence-corrected chi connectivity index (χ4v) is 3.00. The lowest BCUT2D eigenvalue weighted by molar-refractivity contribution is 0.0521. The number of aromatic amines is 1.